The van der Waals surface area contributed by atoms with E-state index in [2.05, 4.69) is 0 Å². The average Bonchev–Trinajstić information content (AvgIpc) is 2.28. The Morgan fingerprint density at radius 3 is 2.65 bits per heavy atom. The van der Waals surface area contributed by atoms with Crippen molar-refractivity contribution in [3.05, 3.63) is 41.5 Å². The van der Waals surface area contributed by atoms with E-state index in [9.17, 15) is 4.79 Å². The molecule has 2 nitrogen and oxygen atoms in total. The lowest BCUT2D eigenvalue weighted by atomic mass is 9.96. The number of fused-ring (bicyclic) bond motifs is 1. The molecular weight excluding hydrogens is 282 g/mol. The number of rotatable bonds is 1. The molecule has 0 amide bonds. The molecule has 0 saturated carbocycles. The summed E-state index contributed by atoms with van der Waals surface area (Å²) in [6, 6.07) is 7.69. The number of hydrogen-bond acceptors (Lipinski definition) is 2. The maximum atomic E-state index is 11.5. The number of carbonyl (C=O) groups excluding carboxylic acids is 1. The van der Waals surface area contributed by atoms with Crippen LogP contribution in [0.5, 0.6) is 0 Å². The van der Waals surface area contributed by atoms with Gasteiger partial charge in [-0.25, -0.2) is 4.79 Å². The van der Waals surface area contributed by atoms with Crippen molar-refractivity contribution in [2.75, 3.05) is 0 Å². The SMILES string of the molecule is O=C(OC1=CCCc2ccccc21)C(Cl)(Cl)Cl. The molecule has 1 aromatic rings. The van der Waals surface area contributed by atoms with E-state index < -0.39 is 9.76 Å². The van der Waals surface area contributed by atoms with Gasteiger partial charge < -0.3 is 4.74 Å². The molecule has 1 aliphatic rings. The van der Waals surface area contributed by atoms with Crippen molar-refractivity contribution in [1.29, 1.82) is 0 Å². The quantitative estimate of drug-likeness (QED) is 0.579. The zero-order valence-corrected chi connectivity index (χ0v) is 11.0. The highest BCUT2D eigenvalue weighted by molar-refractivity contribution is 6.75. The minimum absolute atomic E-state index is 0.461. The van der Waals surface area contributed by atoms with E-state index in [-0.39, 0.29) is 0 Å². The van der Waals surface area contributed by atoms with E-state index in [4.69, 9.17) is 39.5 Å². The molecule has 0 spiro atoms. The number of allylic oxidation sites excluding steroid dienone is 1. The van der Waals surface area contributed by atoms with Gasteiger partial charge in [0.2, 0.25) is 0 Å². The van der Waals surface area contributed by atoms with Crippen molar-refractivity contribution in [3.63, 3.8) is 0 Å². The Bertz CT molecular complexity index is 475. The molecule has 1 aromatic carbocycles. The van der Waals surface area contributed by atoms with Gasteiger partial charge in [-0.1, -0.05) is 59.1 Å². The van der Waals surface area contributed by atoms with Gasteiger partial charge in [-0.2, -0.15) is 0 Å². The molecule has 0 atom stereocenters. The first-order valence-corrected chi connectivity index (χ1v) is 6.19. The molecule has 0 radical (unpaired) electrons. The van der Waals surface area contributed by atoms with Gasteiger partial charge in [0.25, 0.3) is 3.79 Å². The highest BCUT2D eigenvalue weighted by Crippen LogP contribution is 2.32. The van der Waals surface area contributed by atoms with Crippen LogP contribution in [0, 0.1) is 0 Å². The van der Waals surface area contributed by atoms with E-state index >= 15 is 0 Å². The molecule has 0 aromatic heterocycles. The van der Waals surface area contributed by atoms with Crippen molar-refractivity contribution in [2.24, 2.45) is 0 Å². The lowest BCUT2D eigenvalue weighted by Gasteiger charge is -2.18. The Balaban J connectivity index is 2.24. The molecule has 0 heterocycles. The number of alkyl halides is 3. The predicted molar refractivity (Wildman–Crippen MR) is 69.1 cm³/mol. The Morgan fingerprint density at radius 1 is 1.24 bits per heavy atom. The van der Waals surface area contributed by atoms with Gasteiger partial charge in [-0.05, 0) is 24.5 Å². The molecule has 0 aliphatic heterocycles. The van der Waals surface area contributed by atoms with Crippen LogP contribution in [-0.2, 0) is 16.0 Å². The second-order valence-corrected chi connectivity index (χ2v) is 5.93. The van der Waals surface area contributed by atoms with E-state index in [1.165, 1.54) is 0 Å². The molecule has 1 aliphatic carbocycles. The normalized spacial score (nSPS) is 14.9. The smallest absolute Gasteiger partial charge is 0.363 e. The van der Waals surface area contributed by atoms with E-state index in [0.29, 0.717) is 5.76 Å². The minimum atomic E-state index is -2.05. The zero-order valence-electron chi connectivity index (χ0n) is 8.75. The molecule has 0 N–H and O–H groups in total. The molecule has 17 heavy (non-hydrogen) atoms. The van der Waals surface area contributed by atoms with Crippen LogP contribution in [0.2, 0.25) is 0 Å². The van der Waals surface area contributed by atoms with Crippen molar-refractivity contribution in [1.82, 2.24) is 0 Å². The van der Waals surface area contributed by atoms with Gasteiger partial charge >= 0.3 is 5.97 Å². The van der Waals surface area contributed by atoms with E-state index in [0.717, 1.165) is 24.0 Å². The first kappa shape index (κ1) is 12.7. The fourth-order valence-corrected chi connectivity index (χ4v) is 1.82. The first-order chi connectivity index (χ1) is 7.98. The number of halogens is 3. The lowest BCUT2D eigenvalue weighted by molar-refractivity contribution is -0.135. The van der Waals surface area contributed by atoms with Gasteiger partial charge in [0.15, 0.2) is 0 Å². The maximum Gasteiger partial charge on any atom is 0.363 e. The number of aryl methyl sites for hydroxylation is 1. The molecule has 2 rings (SSSR count). The Kier molecular flexibility index (Phi) is 3.67. The number of esters is 1. The summed E-state index contributed by atoms with van der Waals surface area (Å²) in [5, 5.41) is 0. The topological polar surface area (TPSA) is 26.3 Å². The Labute approximate surface area is 114 Å². The summed E-state index contributed by atoms with van der Waals surface area (Å²) in [6.07, 6.45) is 3.56. The van der Waals surface area contributed by atoms with E-state index in [1.807, 2.05) is 30.3 Å². The summed E-state index contributed by atoms with van der Waals surface area (Å²) in [4.78, 5) is 11.5. The van der Waals surface area contributed by atoms with Crippen molar-refractivity contribution < 1.29 is 9.53 Å². The van der Waals surface area contributed by atoms with Gasteiger partial charge in [-0.3, -0.25) is 0 Å². The third kappa shape index (κ3) is 2.95. The zero-order chi connectivity index (χ0) is 12.5. The number of ether oxygens (including phenoxy) is 1. The molecule has 90 valence electrons. The van der Waals surface area contributed by atoms with Crippen LogP contribution in [-0.4, -0.2) is 9.76 Å². The molecule has 0 saturated heterocycles. The summed E-state index contributed by atoms with van der Waals surface area (Å²) < 4.78 is 3.06. The number of benzene rings is 1. The van der Waals surface area contributed by atoms with Crippen LogP contribution in [0.25, 0.3) is 5.76 Å². The van der Waals surface area contributed by atoms with Crippen molar-refractivity contribution >= 4 is 46.5 Å². The second-order valence-electron chi connectivity index (χ2n) is 3.65. The Hall–Kier alpha value is -0.700. The fraction of sp³-hybridized carbons (Fsp3) is 0.250. The average molecular weight is 292 g/mol. The van der Waals surface area contributed by atoms with Crippen LogP contribution >= 0.6 is 34.8 Å². The maximum absolute atomic E-state index is 11.5. The summed E-state index contributed by atoms with van der Waals surface area (Å²) >= 11 is 16.4. The lowest BCUT2D eigenvalue weighted by Crippen LogP contribution is -2.22. The molecule has 5 heteroatoms. The van der Waals surface area contributed by atoms with Crippen LogP contribution < -0.4 is 0 Å². The minimum Gasteiger partial charge on any atom is -0.423 e. The second kappa shape index (κ2) is 4.89. The summed E-state index contributed by atoms with van der Waals surface area (Å²) in [7, 11) is 0. The number of hydrogen-bond donors (Lipinski definition) is 0. The molecule has 0 unspecified atom stereocenters. The van der Waals surface area contributed by atoms with Crippen LogP contribution in [0.3, 0.4) is 0 Å². The summed E-state index contributed by atoms with van der Waals surface area (Å²) in [5.41, 5.74) is 2.00. The highest BCUT2D eigenvalue weighted by atomic mass is 35.6. The van der Waals surface area contributed by atoms with E-state index in [1.54, 1.807) is 0 Å². The third-order valence-corrected chi connectivity index (χ3v) is 2.92. The molecular formula is C12H9Cl3O2. The van der Waals surface area contributed by atoms with Gasteiger partial charge in [0.05, 0.1) is 0 Å². The molecule has 0 fully saturated rings. The highest BCUT2D eigenvalue weighted by Gasteiger charge is 2.34. The van der Waals surface area contributed by atoms with Gasteiger partial charge in [0, 0.05) is 5.56 Å². The monoisotopic (exact) mass is 290 g/mol. The number of carbonyl (C=O) groups is 1. The predicted octanol–water partition coefficient (Wildman–Crippen LogP) is 3.89. The fourth-order valence-electron chi connectivity index (χ4n) is 1.70. The van der Waals surface area contributed by atoms with Gasteiger partial charge in [-0.15, -0.1) is 0 Å². The van der Waals surface area contributed by atoms with Gasteiger partial charge in [0.1, 0.15) is 5.76 Å². The third-order valence-electron chi connectivity index (χ3n) is 2.46. The van der Waals surface area contributed by atoms with Crippen molar-refractivity contribution in [2.45, 2.75) is 16.6 Å². The van der Waals surface area contributed by atoms with Crippen LogP contribution in [0.15, 0.2) is 30.3 Å². The summed E-state index contributed by atoms with van der Waals surface area (Å²) in [5.74, 6) is -0.423. The standard InChI is InChI=1S/C12H9Cl3O2/c13-12(14,15)11(16)17-10-7-3-5-8-4-1-2-6-9(8)10/h1-2,4,6-7H,3,5H2. The van der Waals surface area contributed by atoms with Crippen molar-refractivity contribution in [3.8, 4) is 0 Å². The molecule has 0 bridgehead atoms. The largest absolute Gasteiger partial charge is 0.423 e. The van der Waals surface area contributed by atoms with Crippen LogP contribution in [0.4, 0.5) is 0 Å². The summed E-state index contributed by atoms with van der Waals surface area (Å²) in [6.45, 7) is 0. The first-order valence-electron chi connectivity index (χ1n) is 5.06. The van der Waals surface area contributed by atoms with Crippen LogP contribution in [0.1, 0.15) is 17.5 Å². The Morgan fingerprint density at radius 2 is 1.94 bits per heavy atom.